The SMILES string of the molecule is O=C(CCn1c2ccccc2c2nc3ccccc3nc21)NCc1ccco1. The fourth-order valence-corrected chi connectivity index (χ4v) is 3.51. The zero-order valence-corrected chi connectivity index (χ0v) is 15.1. The van der Waals surface area contributed by atoms with Gasteiger partial charge in [0.2, 0.25) is 5.91 Å². The number of rotatable bonds is 5. The van der Waals surface area contributed by atoms with Crippen LogP contribution in [0.15, 0.2) is 71.3 Å². The summed E-state index contributed by atoms with van der Waals surface area (Å²) >= 11 is 0. The topological polar surface area (TPSA) is 73.0 Å². The Bertz CT molecular complexity index is 1290. The molecule has 6 nitrogen and oxygen atoms in total. The van der Waals surface area contributed by atoms with Crippen molar-refractivity contribution < 1.29 is 9.21 Å². The van der Waals surface area contributed by atoms with Crippen molar-refractivity contribution in [3.63, 3.8) is 0 Å². The molecule has 0 aliphatic rings. The van der Waals surface area contributed by atoms with E-state index in [-0.39, 0.29) is 5.91 Å². The molecular formula is C22H18N4O2. The molecule has 6 heteroatoms. The standard InChI is InChI=1S/C22H18N4O2/c27-20(23-14-15-6-5-13-28-15)11-12-26-19-10-4-1-7-16(19)21-22(26)25-18-9-3-2-8-17(18)24-21/h1-10,13H,11-12,14H2,(H,23,27). The Kier molecular flexibility index (Phi) is 4.01. The van der Waals surface area contributed by atoms with Crippen LogP contribution in [0.4, 0.5) is 0 Å². The van der Waals surface area contributed by atoms with Crippen LogP contribution < -0.4 is 5.32 Å². The molecule has 0 aliphatic heterocycles. The first-order valence-corrected chi connectivity index (χ1v) is 9.22. The molecule has 3 heterocycles. The minimum atomic E-state index is -0.0314. The van der Waals surface area contributed by atoms with Gasteiger partial charge in [0, 0.05) is 18.4 Å². The molecule has 0 unspecified atom stereocenters. The van der Waals surface area contributed by atoms with Gasteiger partial charge in [-0.3, -0.25) is 4.79 Å². The third-order valence-corrected chi connectivity index (χ3v) is 4.86. The number of hydrogen-bond donors (Lipinski definition) is 1. The first-order valence-electron chi connectivity index (χ1n) is 9.22. The molecule has 0 fully saturated rings. The zero-order chi connectivity index (χ0) is 18.9. The number of carbonyl (C=O) groups is 1. The molecule has 0 radical (unpaired) electrons. The molecule has 0 bridgehead atoms. The molecule has 2 aromatic carbocycles. The fourth-order valence-electron chi connectivity index (χ4n) is 3.51. The summed E-state index contributed by atoms with van der Waals surface area (Å²) in [6.07, 6.45) is 1.95. The quantitative estimate of drug-likeness (QED) is 0.507. The predicted octanol–water partition coefficient (Wildman–Crippen LogP) is 4.04. The van der Waals surface area contributed by atoms with Gasteiger partial charge in [-0.05, 0) is 30.3 Å². The van der Waals surface area contributed by atoms with Crippen LogP contribution in [0.5, 0.6) is 0 Å². The van der Waals surface area contributed by atoms with E-state index in [4.69, 9.17) is 14.4 Å². The van der Waals surface area contributed by atoms with Crippen LogP contribution in [0.3, 0.4) is 0 Å². The number of nitrogens with zero attached hydrogens (tertiary/aromatic N) is 3. The van der Waals surface area contributed by atoms with Crippen LogP contribution in [-0.4, -0.2) is 20.4 Å². The van der Waals surface area contributed by atoms with Crippen molar-refractivity contribution in [2.75, 3.05) is 0 Å². The number of benzene rings is 2. The molecule has 5 rings (SSSR count). The zero-order valence-electron chi connectivity index (χ0n) is 15.1. The van der Waals surface area contributed by atoms with E-state index in [1.54, 1.807) is 6.26 Å². The van der Waals surface area contributed by atoms with Crippen LogP contribution in [0.25, 0.3) is 33.1 Å². The van der Waals surface area contributed by atoms with Gasteiger partial charge in [0.1, 0.15) is 11.3 Å². The molecule has 1 amide bonds. The monoisotopic (exact) mass is 370 g/mol. The summed E-state index contributed by atoms with van der Waals surface area (Å²) in [5.41, 5.74) is 4.42. The summed E-state index contributed by atoms with van der Waals surface area (Å²) in [7, 11) is 0. The van der Waals surface area contributed by atoms with Crippen molar-refractivity contribution in [2.45, 2.75) is 19.5 Å². The normalized spacial score (nSPS) is 11.4. The smallest absolute Gasteiger partial charge is 0.222 e. The maximum Gasteiger partial charge on any atom is 0.222 e. The van der Waals surface area contributed by atoms with Crippen molar-refractivity contribution in [3.8, 4) is 0 Å². The third-order valence-electron chi connectivity index (χ3n) is 4.86. The van der Waals surface area contributed by atoms with Gasteiger partial charge in [-0.1, -0.05) is 30.3 Å². The van der Waals surface area contributed by atoms with E-state index in [0.29, 0.717) is 19.5 Å². The largest absolute Gasteiger partial charge is 0.467 e. The highest BCUT2D eigenvalue weighted by molar-refractivity contribution is 6.06. The van der Waals surface area contributed by atoms with Crippen LogP contribution in [0.1, 0.15) is 12.2 Å². The minimum absolute atomic E-state index is 0.0314. The average Bonchev–Trinajstić information content (AvgIpc) is 3.35. The summed E-state index contributed by atoms with van der Waals surface area (Å²) < 4.78 is 7.33. The Morgan fingerprint density at radius 1 is 0.964 bits per heavy atom. The van der Waals surface area contributed by atoms with Crippen molar-refractivity contribution in [3.05, 3.63) is 72.7 Å². The van der Waals surface area contributed by atoms with Gasteiger partial charge in [0.15, 0.2) is 5.65 Å². The van der Waals surface area contributed by atoms with Crippen molar-refractivity contribution >= 4 is 39.0 Å². The summed E-state index contributed by atoms with van der Waals surface area (Å²) in [4.78, 5) is 22.0. The van der Waals surface area contributed by atoms with Crippen LogP contribution in [0, 0.1) is 0 Å². The number of hydrogen-bond acceptors (Lipinski definition) is 4. The van der Waals surface area contributed by atoms with Gasteiger partial charge >= 0.3 is 0 Å². The number of fused-ring (bicyclic) bond motifs is 4. The lowest BCUT2D eigenvalue weighted by molar-refractivity contribution is -0.121. The lowest BCUT2D eigenvalue weighted by Crippen LogP contribution is -2.23. The molecule has 3 aromatic heterocycles. The van der Waals surface area contributed by atoms with Crippen LogP contribution in [-0.2, 0) is 17.9 Å². The van der Waals surface area contributed by atoms with E-state index < -0.39 is 0 Å². The van der Waals surface area contributed by atoms with E-state index in [0.717, 1.165) is 38.9 Å². The van der Waals surface area contributed by atoms with Gasteiger partial charge in [0.25, 0.3) is 0 Å². The Labute approximate surface area is 160 Å². The second kappa shape index (κ2) is 6.81. The average molecular weight is 370 g/mol. The maximum absolute atomic E-state index is 12.3. The number of amides is 1. The first-order chi connectivity index (χ1) is 13.8. The highest BCUT2D eigenvalue weighted by Gasteiger charge is 2.15. The Balaban J connectivity index is 1.48. The van der Waals surface area contributed by atoms with E-state index in [9.17, 15) is 4.79 Å². The summed E-state index contributed by atoms with van der Waals surface area (Å²) in [5.74, 6) is 0.707. The molecular weight excluding hydrogens is 352 g/mol. The van der Waals surface area contributed by atoms with E-state index >= 15 is 0 Å². The first kappa shape index (κ1) is 16.5. The third kappa shape index (κ3) is 2.89. The number of aromatic nitrogens is 3. The molecule has 0 atom stereocenters. The Morgan fingerprint density at radius 2 is 1.75 bits per heavy atom. The molecule has 0 saturated heterocycles. The van der Waals surface area contributed by atoms with E-state index in [1.807, 2.05) is 54.6 Å². The molecule has 0 saturated carbocycles. The van der Waals surface area contributed by atoms with E-state index in [2.05, 4.69) is 16.0 Å². The summed E-state index contributed by atoms with van der Waals surface area (Å²) in [5, 5.41) is 3.94. The second-order valence-electron chi connectivity index (χ2n) is 6.66. The van der Waals surface area contributed by atoms with Crippen molar-refractivity contribution in [1.82, 2.24) is 19.9 Å². The van der Waals surface area contributed by atoms with Crippen LogP contribution >= 0.6 is 0 Å². The number of nitrogens with one attached hydrogen (secondary N) is 1. The fraction of sp³-hybridized carbons (Fsp3) is 0.136. The number of furan rings is 1. The van der Waals surface area contributed by atoms with E-state index in [1.165, 1.54) is 0 Å². The molecule has 0 spiro atoms. The van der Waals surface area contributed by atoms with Gasteiger partial charge < -0.3 is 14.3 Å². The highest BCUT2D eigenvalue weighted by atomic mass is 16.3. The molecule has 0 aliphatic carbocycles. The lowest BCUT2D eigenvalue weighted by Gasteiger charge is -2.07. The molecule has 28 heavy (non-hydrogen) atoms. The number of carbonyl (C=O) groups excluding carboxylic acids is 1. The Morgan fingerprint density at radius 3 is 2.57 bits per heavy atom. The number of para-hydroxylation sites is 3. The number of aryl methyl sites for hydroxylation is 1. The highest BCUT2D eigenvalue weighted by Crippen LogP contribution is 2.28. The maximum atomic E-state index is 12.3. The molecule has 5 aromatic rings. The summed E-state index contributed by atoms with van der Waals surface area (Å²) in [6, 6.07) is 19.6. The molecule has 1 N–H and O–H groups in total. The van der Waals surface area contributed by atoms with Crippen molar-refractivity contribution in [1.29, 1.82) is 0 Å². The summed E-state index contributed by atoms with van der Waals surface area (Å²) in [6.45, 7) is 0.921. The Hall–Kier alpha value is -3.67. The van der Waals surface area contributed by atoms with Crippen molar-refractivity contribution in [2.24, 2.45) is 0 Å². The minimum Gasteiger partial charge on any atom is -0.467 e. The second-order valence-corrected chi connectivity index (χ2v) is 6.66. The van der Waals surface area contributed by atoms with Gasteiger partial charge in [-0.2, -0.15) is 0 Å². The van der Waals surface area contributed by atoms with Gasteiger partial charge in [-0.15, -0.1) is 0 Å². The van der Waals surface area contributed by atoms with Gasteiger partial charge in [-0.25, -0.2) is 9.97 Å². The lowest BCUT2D eigenvalue weighted by atomic mass is 10.2. The van der Waals surface area contributed by atoms with Crippen LogP contribution in [0.2, 0.25) is 0 Å². The molecule has 138 valence electrons. The van der Waals surface area contributed by atoms with Gasteiger partial charge in [0.05, 0.1) is 29.4 Å². The predicted molar refractivity (Wildman–Crippen MR) is 108 cm³/mol.